The van der Waals surface area contributed by atoms with Crippen LogP contribution in [0.3, 0.4) is 0 Å². The van der Waals surface area contributed by atoms with Gasteiger partial charge in [-0.2, -0.15) is 4.31 Å². The molecule has 66 heavy (non-hydrogen) atoms. The van der Waals surface area contributed by atoms with Crippen LogP contribution in [-0.4, -0.2) is 151 Å². The summed E-state index contributed by atoms with van der Waals surface area (Å²) < 4.78 is 61.8. The van der Waals surface area contributed by atoms with Crippen LogP contribution in [0.4, 0.5) is 5.82 Å². The zero-order valence-electron chi connectivity index (χ0n) is 34.7. The first-order chi connectivity index (χ1) is 30.6. The van der Waals surface area contributed by atoms with Crippen LogP contribution in [0.25, 0.3) is 11.2 Å². The second-order valence-corrected chi connectivity index (χ2v) is 19.9. The van der Waals surface area contributed by atoms with Crippen LogP contribution in [0.2, 0.25) is 0 Å². The van der Waals surface area contributed by atoms with Gasteiger partial charge in [-0.15, -0.1) is 0 Å². The van der Waals surface area contributed by atoms with Gasteiger partial charge in [0.15, 0.2) is 22.8 Å². The lowest BCUT2D eigenvalue weighted by Gasteiger charge is -2.30. The molecule has 0 saturated carbocycles. The molecular weight excluding hydrogens is 969 g/mol. The fraction of sp³-hybridized carbons (Fsp3) is 0.515. The predicted molar refractivity (Wildman–Crippen MR) is 225 cm³/mol. The molecule has 33 heteroatoms. The molecule has 3 aromatic rings. The standard InChI is InChI=1S/C24H38N7O19P3S.C9H11NO2/c1-24(2,19(37)22(38)27-4-3-13(32)26-5-6-54-15(35)7-14(33)34)9-47-53(44,45)50-52(42,43)46-8-12-18(49-51(39,40)41)17(36)23(48-12)31-11-30-16-20(25)28-10-29-21(16)31;10-8(9(11)12)6-7-4-2-1-3-5-7/h10-12,17-19,23,36-37H,3-9H2,1-2H3,(H,26,32)(H,27,38)(H,33,34)(H,42,43)(H,44,45)(H2,25,28,29)(H2,39,40,41);1-5,8H,6,10H2,(H,11,12)/t12-,17-,18-,19?,23-;/m1./s1. The third-order valence-electron chi connectivity index (χ3n) is 8.68. The molecular formula is C33H49N8O21P3S. The number of nitrogens with zero attached hydrogens (tertiary/aromatic N) is 4. The van der Waals surface area contributed by atoms with Crippen molar-refractivity contribution >= 4 is 81.1 Å². The lowest BCUT2D eigenvalue weighted by atomic mass is 9.87. The number of phosphoric ester groups is 3. The largest absolute Gasteiger partial charge is 0.481 e. The number of nitrogens with one attached hydrogen (secondary N) is 2. The molecule has 368 valence electrons. The van der Waals surface area contributed by atoms with Crippen molar-refractivity contribution in [3.63, 3.8) is 0 Å². The Hall–Kier alpha value is -4.32. The van der Waals surface area contributed by atoms with E-state index in [1.807, 2.05) is 30.3 Å². The molecule has 1 aliphatic rings. The number of hydrogen-bond donors (Lipinski definition) is 12. The van der Waals surface area contributed by atoms with Crippen molar-refractivity contribution in [1.29, 1.82) is 0 Å². The van der Waals surface area contributed by atoms with Gasteiger partial charge in [0.1, 0.15) is 48.7 Å². The maximum atomic E-state index is 12.6. The summed E-state index contributed by atoms with van der Waals surface area (Å²) in [6, 6.07) is 8.54. The molecule has 1 aromatic carbocycles. The average molecular weight is 1020 g/mol. The number of nitrogens with two attached hydrogens (primary N) is 2. The molecule has 4 unspecified atom stereocenters. The SMILES string of the molecule is CC(C)(COP(=O)(O)OP(=O)(O)OC[C@H]1O[C@@H](n2cnc3c(N)ncnc32)[C@H](O)[C@@H]1OP(=O)(O)O)C(O)C(=O)NCCC(=O)NCCSC(=O)CC(=O)O.NC(Cc1ccccc1)C(=O)O. The quantitative estimate of drug-likeness (QED) is 0.0284. The number of benzene rings is 1. The Kier molecular flexibility index (Phi) is 20.9. The minimum Gasteiger partial charge on any atom is -0.481 e. The maximum Gasteiger partial charge on any atom is 0.481 e. The summed E-state index contributed by atoms with van der Waals surface area (Å²) in [5, 5.41) is 42.5. The molecule has 0 bridgehead atoms. The second-order valence-electron chi connectivity index (χ2n) is 14.5. The molecule has 29 nitrogen and oxygen atoms in total. The Balaban J connectivity index is 0.000000831. The van der Waals surface area contributed by atoms with Crippen LogP contribution in [-0.2, 0) is 66.7 Å². The van der Waals surface area contributed by atoms with Crippen molar-refractivity contribution in [3.05, 3.63) is 48.5 Å². The Bertz CT molecular complexity index is 2310. The highest BCUT2D eigenvalue weighted by Crippen LogP contribution is 2.61. The van der Waals surface area contributed by atoms with Gasteiger partial charge in [-0.3, -0.25) is 42.1 Å². The number of aromatic nitrogens is 4. The topological polar surface area (TPSA) is 464 Å². The van der Waals surface area contributed by atoms with Gasteiger partial charge < -0.3 is 66.8 Å². The van der Waals surface area contributed by atoms with E-state index in [0.717, 1.165) is 34.5 Å². The number of imidazole rings is 1. The first-order valence-corrected chi connectivity index (χ1v) is 24.4. The number of carboxylic acids is 2. The summed E-state index contributed by atoms with van der Waals surface area (Å²) in [6.07, 6.45) is -7.40. The number of aliphatic hydroxyl groups excluding tert-OH is 2. The van der Waals surface area contributed by atoms with Crippen LogP contribution in [0.15, 0.2) is 43.0 Å². The number of amides is 2. The summed E-state index contributed by atoms with van der Waals surface area (Å²) in [5.74, 6) is -3.75. The van der Waals surface area contributed by atoms with Gasteiger partial charge in [0.25, 0.3) is 0 Å². The van der Waals surface area contributed by atoms with Crippen molar-refractivity contribution in [1.82, 2.24) is 30.2 Å². The van der Waals surface area contributed by atoms with E-state index in [4.69, 9.17) is 35.5 Å². The molecule has 1 saturated heterocycles. The Morgan fingerprint density at radius 3 is 2.24 bits per heavy atom. The van der Waals surface area contributed by atoms with Gasteiger partial charge in [0.2, 0.25) is 11.8 Å². The third-order valence-corrected chi connectivity index (χ3v) is 12.7. The Morgan fingerprint density at radius 1 is 0.970 bits per heavy atom. The maximum absolute atomic E-state index is 12.6. The van der Waals surface area contributed by atoms with E-state index in [9.17, 15) is 67.5 Å². The van der Waals surface area contributed by atoms with E-state index in [0.29, 0.717) is 6.42 Å². The second kappa shape index (κ2) is 24.6. The number of hydrogen-bond acceptors (Lipinski definition) is 21. The lowest BCUT2D eigenvalue weighted by molar-refractivity contribution is -0.139. The Morgan fingerprint density at radius 2 is 1.62 bits per heavy atom. The monoisotopic (exact) mass is 1020 g/mol. The number of carboxylic acid groups (broad SMARTS) is 2. The predicted octanol–water partition coefficient (Wildman–Crippen LogP) is -1.22. The molecule has 2 amide bonds. The zero-order valence-corrected chi connectivity index (χ0v) is 38.2. The first-order valence-electron chi connectivity index (χ1n) is 18.9. The van der Waals surface area contributed by atoms with Crippen molar-refractivity contribution in [2.75, 3.05) is 37.8 Å². The van der Waals surface area contributed by atoms with E-state index in [2.05, 4.69) is 34.4 Å². The zero-order chi connectivity index (χ0) is 49.6. The highest BCUT2D eigenvalue weighted by atomic mass is 32.2. The number of ether oxygens (including phenoxy) is 1. The molecule has 3 heterocycles. The van der Waals surface area contributed by atoms with Gasteiger partial charge in [0.05, 0.1) is 19.5 Å². The lowest BCUT2D eigenvalue weighted by Crippen LogP contribution is -2.46. The number of phosphoric acid groups is 3. The minimum atomic E-state index is -5.59. The highest BCUT2D eigenvalue weighted by Gasteiger charge is 2.50. The number of thioether (sulfide) groups is 1. The van der Waals surface area contributed by atoms with E-state index in [1.165, 1.54) is 13.8 Å². The molecule has 4 rings (SSSR count). The van der Waals surface area contributed by atoms with Gasteiger partial charge in [-0.25, -0.2) is 28.6 Å². The van der Waals surface area contributed by atoms with E-state index in [1.54, 1.807) is 0 Å². The normalized spacial score (nSPS) is 20.2. The van der Waals surface area contributed by atoms with E-state index >= 15 is 0 Å². The molecule has 0 radical (unpaired) electrons. The summed E-state index contributed by atoms with van der Waals surface area (Å²) in [5.41, 5.74) is 10.5. The van der Waals surface area contributed by atoms with Gasteiger partial charge in [-0.05, 0) is 12.0 Å². The summed E-state index contributed by atoms with van der Waals surface area (Å²) >= 11 is 0.718. The van der Waals surface area contributed by atoms with Crippen molar-refractivity contribution in [3.8, 4) is 0 Å². The van der Waals surface area contributed by atoms with E-state index < -0.39 is 114 Å². The van der Waals surface area contributed by atoms with Crippen LogP contribution in [0, 0.1) is 5.41 Å². The number of aliphatic hydroxyl groups is 2. The fourth-order valence-electron chi connectivity index (χ4n) is 5.42. The number of fused-ring (bicyclic) bond motifs is 1. The fourth-order valence-corrected chi connectivity index (χ4v) is 8.91. The molecule has 1 fully saturated rings. The number of nitrogen functional groups attached to an aromatic ring is 1. The number of carbonyl (C=O) groups excluding carboxylic acids is 3. The summed E-state index contributed by atoms with van der Waals surface area (Å²) in [6.45, 7) is 0.132. The molecule has 14 N–H and O–H groups in total. The van der Waals surface area contributed by atoms with Crippen LogP contribution in [0.5, 0.6) is 0 Å². The van der Waals surface area contributed by atoms with Gasteiger partial charge in [-0.1, -0.05) is 55.9 Å². The number of aliphatic carboxylic acids is 2. The van der Waals surface area contributed by atoms with Crippen molar-refractivity contribution in [2.24, 2.45) is 11.1 Å². The van der Waals surface area contributed by atoms with Gasteiger partial charge >= 0.3 is 35.4 Å². The average Bonchev–Trinajstić information content (AvgIpc) is 3.77. The number of anilines is 1. The summed E-state index contributed by atoms with van der Waals surface area (Å²) in [7, 11) is -16.4. The van der Waals surface area contributed by atoms with Gasteiger partial charge in [0, 0.05) is 30.7 Å². The van der Waals surface area contributed by atoms with Crippen molar-refractivity contribution < 1.29 is 100 Å². The molecule has 1 aliphatic heterocycles. The molecule has 2 aromatic heterocycles. The minimum absolute atomic E-state index is 0.0185. The van der Waals surface area contributed by atoms with E-state index in [-0.39, 0.29) is 42.2 Å². The number of carbonyl (C=O) groups is 5. The summed E-state index contributed by atoms with van der Waals surface area (Å²) in [4.78, 5) is 107. The van der Waals surface area contributed by atoms with Crippen LogP contribution in [0.1, 0.15) is 38.5 Å². The molecule has 0 aliphatic carbocycles. The van der Waals surface area contributed by atoms with Crippen LogP contribution >= 0.6 is 35.2 Å². The first kappa shape index (κ1) is 56.0. The van der Waals surface area contributed by atoms with Crippen molar-refractivity contribution in [2.45, 2.75) is 69.8 Å². The highest BCUT2D eigenvalue weighted by molar-refractivity contribution is 8.13. The molecule has 0 spiro atoms. The molecule has 8 atom stereocenters. The number of rotatable bonds is 24. The Labute approximate surface area is 378 Å². The third kappa shape index (κ3) is 18.4. The van der Waals surface area contributed by atoms with Crippen LogP contribution < -0.4 is 22.1 Å². The smallest absolute Gasteiger partial charge is 0.481 e.